The number of benzene rings is 2. The summed E-state index contributed by atoms with van der Waals surface area (Å²) in [5.74, 6) is -0.132. The maximum Gasteiger partial charge on any atom is 0.265 e. The number of fused-ring (bicyclic) bond motifs is 1. The van der Waals surface area contributed by atoms with Crippen molar-refractivity contribution in [2.75, 3.05) is 11.1 Å². The van der Waals surface area contributed by atoms with Crippen molar-refractivity contribution >= 4 is 55.3 Å². The number of halogens is 1. The van der Waals surface area contributed by atoms with Gasteiger partial charge in [0.25, 0.3) is 5.91 Å². The van der Waals surface area contributed by atoms with E-state index >= 15 is 0 Å². The number of rotatable bonds is 2. The SMILES string of the molecule is Cc1sc(C(=O)Nc2ccc(Br)c3ccccc23)cc1N. The second-order valence-electron chi connectivity index (χ2n) is 4.72. The molecule has 5 heteroatoms. The number of anilines is 2. The van der Waals surface area contributed by atoms with Crippen LogP contribution in [0.4, 0.5) is 11.4 Å². The molecule has 0 aliphatic heterocycles. The molecule has 106 valence electrons. The summed E-state index contributed by atoms with van der Waals surface area (Å²) in [4.78, 5) is 13.9. The van der Waals surface area contributed by atoms with Gasteiger partial charge in [0.1, 0.15) is 0 Å². The molecule has 1 heterocycles. The zero-order valence-electron chi connectivity index (χ0n) is 11.3. The Balaban J connectivity index is 1.98. The van der Waals surface area contributed by atoms with E-state index in [0.717, 1.165) is 25.8 Å². The van der Waals surface area contributed by atoms with Crippen LogP contribution in [-0.2, 0) is 0 Å². The number of hydrogen-bond donors (Lipinski definition) is 2. The van der Waals surface area contributed by atoms with Crippen LogP contribution < -0.4 is 11.1 Å². The third-order valence-electron chi connectivity index (χ3n) is 3.30. The summed E-state index contributed by atoms with van der Waals surface area (Å²) in [6, 6.07) is 13.5. The summed E-state index contributed by atoms with van der Waals surface area (Å²) in [7, 11) is 0. The van der Waals surface area contributed by atoms with Gasteiger partial charge in [0, 0.05) is 26.1 Å². The summed E-state index contributed by atoms with van der Waals surface area (Å²) < 4.78 is 1.01. The van der Waals surface area contributed by atoms with Crippen LogP contribution in [0.15, 0.2) is 46.9 Å². The first-order valence-corrected chi connectivity index (χ1v) is 8.01. The Morgan fingerprint density at radius 2 is 1.90 bits per heavy atom. The van der Waals surface area contributed by atoms with Crippen molar-refractivity contribution in [3.63, 3.8) is 0 Å². The number of nitrogens with two attached hydrogens (primary N) is 1. The number of carbonyl (C=O) groups is 1. The second kappa shape index (κ2) is 5.50. The van der Waals surface area contributed by atoms with Crippen LogP contribution in [0.2, 0.25) is 0 Å². The van der Waals surface area contributed by atoms with Gasteiger partial charge in [-0.1, -0.05) is 40.2 Å². The largest absolute Gasteiger partial charge is 0.398 e. The molecule has 0 aliphatic carbocycles. The van der Waals surface area contributed by atoms with E-state index in [2.05, 4.69) is 21.2 Å². The van der Waals surface area contributed by atoms with E-state index in [9.17, 15) is 4.79 Å². The highest BCUT2D eigenvalue weighted by Crippen LogP contribution is 2.31. The molecule has 0 fully saturated rings. The Morgan fingerprint density at radius 1 is 1.19 bits per heavy atom. The molecule has 3 nitrogen and oxygen atoms in total. The number of carbonyl (C=O) groups excluding carboxylic acids is 1. The van der Waals surface area contributed by atoms with E-state index in [-0.39, 0.29) is 5.91 Å². The lowest BCUT2D eigenvalue weighted by Gasteiger charge is -2.09. The molecule has 3 N–H and O–H groups in total. The Hall–Kier alpha value is -1.85. The van der Waals surface area contributed by atoms with E-state index in [0.29, 0.717) is 10.6 Å². The van der Waals surface area contributed by atoms with Crippen molar-refractivity contribution in [1.82, 2.24) is 0 Å². The molecule has 0 atom stereocenters. The van der Waals surface area contributed by atoms with Crippen molar-refractivity contribution in [3.8, 4) is 0 Å². The molecule has 2 aromatic carbocycles. The summed E-state index contributed by atoms with van der Waals surface area (Å²) in [5, 5.41) is 5.03. The molecule has 1 amide bonds. The minimum atomic E-state index is -0.132. The maximum atomic E-state index is 12.3. The van der Waals surface area contributed by atoms with Crippen LogP contribution in [0.5, 0.6) is 0 Å². The fraction of sp³-hybridized carbons (Fsp3) is 0.0625. The van der Waals surface area contributed by atoms with Gasteiger partial charge in [0.15, 0.2) is 0 Å². The minimum Gasteiger partial charge on any atom is -0.398 e. The van der Waals surface area contributed by atoms with E-state index in [1.807, 2.05) is 43.3 Å². The summed E-state index contributed by atoms with van der Waals surface area (Å²) in [5.41, 5.74) is 7.26. The van der Waals surface area contributed by atoms with Gasteiger partial charge in [-0.25, -0.2) is 0 Å². The van der Waals surface area contributed by atoms with Crippen molar-refractivity contribution < 1.29 is 4.79 Å². The monoisotopic (exact) mass is 360 g/mol. The van der Waals surface area contributed by atoms with Crippen LogP contribution in [0.25, 0.3) is 10.8 Å². The highest BCUT2D eigenvalue weighted by molar-refractivity contribution is 9.10. The lowest BCUT2D eigenvalue weighted by molar-refractivity contribution is 0.103. The number of nitrogens with one attached hydrogen (secondary N) is 1. The number of amides is 1. The molecule has 1 aromatic heterocycles. The number of nitrogen functional groups attached to an aromatic ring is 1. The van der Waals surface area contributed by atoms with Gasteiger partial charge in [-0.05, 0) is 30.5 Å². The first kappa shape index (κ1) is 14.1. The molecule has 0 saturated heterocycles. The lowest BCUT2D eigenvalue weighted by atomic mass is 10.1. The van der Waals surface area contributed by atoms with Crippen LogP contribution >= 0.6 is 27.3 Å². The smallest absolute Gasteiger partial charge is 0.265 e. The zero-order valence-corrected chi connectivity index (χ0v) is 13.7. The predicted molar refractivity (Wildman–Crippen MR) is 93.1 cm³/mol. The van der Waals surface area contributed by atoms with E-state index in [1.54, 1.807) is 6.07 Å². The van der Waals surface area contributed by atoms with Gasteiger partial charge in [-0.3, -0.25) is 4.79 Å². The molecular formula is C16H13BrN2OS. The van der Waals surface area contributed by atoms with E-state index in [1.165, 1.54) is 11.3 Å². The van der Waals surface area contributed by atoms with Gasteiger partial charge >= 0.3 is 0 Å². The standard InChI is InChI=1S/C16H13BrN2OS/c1-9-13(18)8-15(21-9)16(20)19-14-7-6-12(17)10-4-2-3-5-11(10)14/h2-8H,18H2,1H3,(H,19,20). The molecule has 3 aromatic rings. The molecule has 0 unspecified atom stereocenters. The van der Waals surface area contributed by atoms with Crippen molar-refractivity contribution in [2.24, 2.45) is 0 Å². The Morgan fingerprint density at radius 3 is 2.57 bits per heavy atom. The third kappa shape index (κ3) is 2.66. The predicted octanol–water partition coefficient (Wildman–Crippen LogP) is 4.81. The summed E-state index contributed by atoms with van der Waals surface area (Å²) >= 11 is 4.93. The van der Waals surface area contributed by atoms with Crippen LogP contribution in [-0.4, -0.2) is 5.91 Å². The summed E-state index contributed by atoms with van der Waals surface area (Å²) in [6.45, 7) is 1.91. The van der Waals surface area contributed by atoms with Crippen LogP contribution in [0.1, 0.15) is 14.5 Å². The maximum absolute atomic E-state index is 12.3. The van der Waals surface area contributed by atoms with Crippen LogP contribution in [0.3, 0.4) is 0 Å². The Labute approximate surface area is 134 Å². The molecule has 0 bridgehead atoms. The zero-order chi connectivity index (χ0) is 15.0. The molecule has 3 rings (SSSR count). The molecule has 0 radical (unpaired) electrons. The quantitative estimate of drug-likeness (QED) is 0.688. The normalized spacial score (nSPS) is 10.8. The molecule has 21 heavy (non-hydrogen) atoms. The average molecular weight is 361 g/mol. The molecule has 0 spiro atoms. The van der Waals surface area contributed by atoms with Gasteiger partial charge in [-0.2, -0.15) is 0 Å². The Kier molecular flexibility index (Phi) is 3.69. The number of aryl methyl sites for hydroxylation is 1. The summed E-state index contributed by atoms with van der Waals surface area (Å²) in [6.07, 6.45) is 0. The molecule has 0 aliphatic rings. The van der Waals surface area contributed by atoms with Gasteiger partial charge in [0.2, 0.25) is 0 Å². The first-order valence-electron chi connectivity index (χ1n) is 6.41. The first-order chi connectivity index (χ1) is 10.1. The number of thiophene rings is 1. The van der Waals surface area contributed by atoms with Gasteiger partial charge in [0.05, 0.1) is 4.88 Å². The third-order valence-corrected chi connectivity index (χ3v) is 5.06. The number of hydrogen-bond acceptors (Lipinski definition) is 3. The second-order valence-corrected chi connectivity index (χ2v) is 6.83. The van der Waals surface area contributed by atoms with Crippen molar-refractivity contribution in [1.29, 1.82) is 0 Å². The highest BCUT2D eigenvalue weighted by atomic mass is 79.9. The van der Waals surface area contributed by atoms with Gasteiger partial charge < -0.3 is 11.1 Å². The van der Waals surface area contributed by atoms with E-state index < -0.39 is 0 Å². The topological polar surface area (TPSA) is 55.1 Å². The van der Waals surface area contributed by atoms with Crippen LogP contribution in [0, 0.1) is 6.92 Å². The lowest BCUT2D eigenvalue weighted by Crippen LogP contribution is -2.10. The minimum absolute atomic E-state index is 0.132. The molecular weight excluding hydrogens is 348 g/mol. The fourth-order valence-corrected chi connectivity index (χ4v) is 3.48. The Bertz CT molecular complexity index is 822. The van der Waals surface area contributed by atoms with Crippen molar-refractivity contribution in [2.45, 2.75) is 6.92 Å². The average Bonchev–Trinajstić information content (AvgIpc) is 2.82. The fourth-order valence-electron chi connectivity index (χ4n) is 2.16. The van der Waals surface area contributed by atoms with Crippen molar-refractivity contribution in [3.05, 3.63) is 56.7 Å². The van der Waals surface area contributed by atoms with E-state index in [4.69, 9.17) is 5.73 Å². The highest BCUT2D eigenvalue weighted by Gasteiger charge is 2.13. The molecule has 0 saturated carbocycles. The van der Waals surface area contributed by atoms with Gasteiger partial charge in [-0.15, -0.1) is 11.3 Å².